The minimum Gasteiger partial charge on any atom is -0.481 e. The van der Waals surface area contributed by atoms with Gasteiger partial charge in [-0.25, -0.2) is 9.67 Å². The van der Waals surface area contributed by atoms with E-state index in [1.807, 2.05) is 23.0 Å². The van der Waals surface area contributed by atoms with E-state index in [2.05, 4.69) is 15.3 Å². The minimum absolute atomic E-state index is 0.0139. The number of aryl methyl sites for hydroxylation is 1. The van der Waals surface area contributed by atoms with Gasteiger partial charge in [0, 0.05) is 42.7 Å². The van der Waals surface area contributed by atoms with Crippen molar-refractivity contribution >= 4 is 28.7 Å². The molecule has 10 nitrogen and oxygen atoms in total. The molecular formula is C25H22N6O4. The number of methoxy groups -OCH3 is 1. The number of benzene rings is 1. The van der Waals surface area contributed by atoms with Crippen LogP contribution >= 0.6 is 0 Å². The number of nitro groups is 1. The lowest BCUT2D eigenvalue weighted by Gasteiger charge is -2.21. The molecule has 35 heavy (non-hydrogen) atoms. The zero-order valence-corrected chi connectivity index (χ0v) is 18.9. The van der Waals surface area contributed by atoms with Gasteiger partial charge < -0.3 is 10.1 Å². The van der Waals surface area contributed by atoms with Gasteiger partial charge in [-0.1, -0.05) is 12.1 Å². The number of carbonyl (C=O) groups excluding carboxylic acids is 1. The van der Waals surface area contributed by atoms with E-state index >= 15 is 0 Å². The summed E-state index contributed by atoms with van der Waals surface area (Å²) < 4.78 is 7.08. The van der Waals surface area contributed by atoms with Crippen LogP contribution in [-0.4, -0.2) is 43.7 Å². The number of ether oxygens (including phenoxy) is 1. The summed E-state index contributed by atoms with van der Waals surface area (Å²) >= 11 is 0. The van der Waals surface area contributed by atoms with Crippen LogP contribution in [0.2, 0.25) is 0 Å². The number of hydrogen-bond acceptors (Lipinski definition) is 7. The van der Waals surface area contributed by atoms with Gasteiger partial charge >= 0.3 is 0 Å². The van der Waals surface area contributed by atoms with Gasteiger partial charge in [0.15, 0.2) is 0 Å². The first-order chi connectivity index (χ1) is 17.0. The largest absolute Gasteiger partial charge is 0.481 e. The van der Waals surface area contributed by atoms with Gasteiger partial charge in [0.2, 0.25) is 11.8 Å². The molecule has 3 heterocycles. The Kier molecular flexibility index (Phi) is 5.92. The fourth-order valence-corrected chi connectivity index (χ4v) is 4.21. The molecule has 0 saturated carbocycles. The molecule has 0 radical (unpaired) electrons. The van der Waals surface area contributed by atoms with Crippen molar-refractivity contribution < 1.29 is 14.5 Å². The number of amides is 1. The van der Waals surface area contributed by atoms with Crippen LogP contribution in [0.5, 0.6) is 5.88 Å². The van der Waals surface area contributed by atoms with Gasteiger partial charge in [0.05, 0.1) is 28.9 Å². The minimum atomic E-state index is -0.460. The third kappa shape index (κ3) is 4.72. The maximum Gasteiger partial charge on any atom is 0.270 e. The molecule has 1 unspecified atom stereocenters. The summed E-state index contributed by atoms with van der Waals surface area (Å²) in [6.45, 7) is 0. The van der Waals surface area contributed by atoms with Gasteiger partial charge in [-0.05, 0) is 48.6 Å². The molecule has 1 aliphatic rings. The van der Waals surface area contributed by atoms with Crippen molar-refractivity contribution in [1.29, 1.82) is 0 Å². The molecule has 176 valence electrons. The molecular weight excluding hydrogens is 448 g/mol. The van der Waals surface area contributed by atoms with Crippen LogP contribution in [0.3, 0.4) is 0 Å². The highest BCUT2D eigenvalue weighted by Gasteiger charge is 2.23. The lowest BCUT2D eigenvalue weighted by Crippen LogP contribution is -2.37. The molecule has 3 aromatic heterocycles. The van der Waals surface area contributed by atoms with Crippen molar-refractivity contribution in [2.75, 3.05) is 7.11 Å². The Morgan fingerprint density at radius 2 is 2.17 bits per heavy atom. The highest BCUT2D eigenvalue weighted by Crippen LogP contribution is 2.25. The molecule has 1 aromatic carbocycles. The number of nitro benzene ring substituents is 1. The van der Waals surface area contributed by atoms with Crippen LogP contribution in [0.1, 0.15) is 23.2 Å². The first kappa shape index (κ1) is 22.2. The standard InChI is InChI=1S/C25H22N6O4/c1-35-24-10-8-21-25(28-24)22(11-12-26-21)30-15-17-14-18(6-7-20(17)29-30)27-23(32)9-5-16-3-2-4-19(13-16)31(33)34/h2-5,8-13,15,18H,6-7,14H2,1H3,(H,27,32)/b9-5-. The lowest BCUT2D eigenvalue weighted by molar-refractivity contribution is -0.384. The number of carbonyl (C=O) groups is 1. The molecule has 0 aliphatic heterocycles. The first-order valence-electron chi connectivity index (χ1n) is 11.1. The quantitative estimate of drug-likeness (QED) is 0.260. The molecule has 0 spiro atoms. The first-order valence-corrected chi connectivity index (χ1v) is 11.1. The Labute approximate surface area is 200 Å². The van der Waals surface area contributed by atoms with E-state index in [-0.39, 0.29) is 17.6 Å². The fourth-order valence-electron chi connectivity index (χ4n) is 4.21. The number of fused-ring (bicyclic) bond motifs is 2. The molecule has 0 saturated heterocycles. The molecule has 1 amide bonds. The number of rotatable bonds is 6. The van der Waals surface area contributed by atoms with E-state index in [0.717, 1.165) is 35.3 Å². The maximum absolute atomic E-state index is 12.5. The van der Waals surface area contributed by atoms with Gasteiger partial charge in [-0.3, -0.25) is 19.9 Å². The van der Waals surface area contributed by atoms with Crippen LogP contribution in [0, 0.1) is 10.1 Å². The predicted octanol–water partition coefficient (Wildman–Crippen LogP) is 3.42. The molecule has 10 heteroatoms. The van der Waals surface area contributed by atoms with Gasteiger partial charge in [0.1, 0.15) is 5.52 Å². The third-order valence-electron chi connectivity index (χ3n) is 5.92. The van der Waals surface area contributed by atoms with E-state index in [0.29, 0.717) is 23.4 Å². The van der Waals surface area contributed by atoms with E-state index in [1.165, 1.54) is 18.2 Å². The Balaban J connectivity index is 1.30. The smallest absolute Gasteiger partial charge is 0.270 e. The Morgan fingerprint density at radius 1 is 1.29 bits per heavy atom. The average molecular weight is 470 g/mol. The molecule has 1 atom stereocenters. The average Bonchev–Trinajstić information content (AvgIpc) is 3.30. The molecule has 1 N–H and O–H groups in total. The fraction of sp³-hybridized carbons (Fsp3) is 0.200. The van der Waals surface area contributed by atoms with E-state index < -0.39 is 4.92 Å². The number of nitrogens with one attached hydrogen (secondary N) is 1. The van der Waals surface area contributed by atoms with E-state index in [4.69, 9.17) is 9.84 Å². The summed E-state index contributed by atoms with van der Waals surface area (Å²) in [7, 11) is 1.57. The highest BCUT2D eigenvalue weighted by atomic mass is 16.6. The van der Waals surface area contributed by atoms with Gasteiger partial charge in [-0.2, -0.15) is 5.10 Å². The topological polar surface area (TPSA) is 125 Å². The van der Waals surface area contributed by atoms with Crippen molar-refractivity contribution in [2.45, 2.75) is 25.3 Å². The third-order valence-corrected chi connectivity index (χ3v) is 5.92. The van der Waals surface area contributed by atoms with Crippen molar-refractivity contribution in [1.82, 2.24) is 25.1 Å². The van der Waals surface area contributed by atoms with Gasteiger partial charge in [-0.15, -0.1) is 0 Å². The zero-order chi connectivity index (χ0) is 24.4. The van der Waals surface area contributed by atoms with Crippen LogP contribution in [0.4, 0.5) is 5.69 Å². The Morgan fingerprint density at radius 3 is 3.00 bits per heavy atom. The molecule has 5 rings (SSSR count). The van der Waals surface area contributed by atoms with Crippen LogP contribution < -0.4 is 10.1 Å². The SMILES string of the molecule is COc1ccc2nccc(-n3cc4c(n3)CCC(NC(=O)/C=C\c3cccc([N+](=O)[O-])c3)C4)c2n1. The summed E-state index contributed by atoms with van der Waals surface area (Å²) in [6, 6.07) is 11.6. The van der Waals surface area contributed by atoms with Crippen molar-refractivity contribution in [3.63, 3.8) is 0 Å². The van der Waals surface area contributed by atoms with Crippen LogP contribution in [-0.2, 0) is 17.6 Å². The van der Waals surface area contributed by atoms with Gasteiger partial charge in [0.25, 0.3) is 5.69 Å². The van der Waals surface area contributed by atoms with E-state index in [1.54, 1.807) is 37.6 Å². The molecule has 1 aliphatic carbocycles. The number of aromatic nitrogens is 4. The second-order valence-corrected chi connectivity index (χ2v) is 8.23. The van der Waals surface area contributed by atoms with Crippen LogP contribution in [0.25, 0.3) is 22.8 Å². The van der Waals surface area contributed by atoms with Crippen molar-refractivity contribution in [2.24, 2.45) is 0 Å². The molecule has 4 aromatic rings. The summed E-state index contributed by atoms with van der Waals surface area (Å²) in [5.74, 6) is 0.262. The summed E-state index contributed by atoms with van der Waals surface area (Å²) in [4.78, 5) is 31.9. The number of pyridine rings is 2. The molecule has 0 bridgehead atoms. The maximum atomic E-state index is 12.5. The predicted molar refractivity (Wildman–Crippen MR) is 129 cm³/mol. The number of non-ortho nitro benzene ring substituents is 1. The highest BCUT2D eigenvalue weighted by molar-refractivity contribution is 5.92. The van der Waals surface area contributed by atoms with Crippen LogP contribution in [0.15, 0.2) is 60.9 Å². The second-order valence-electron chi connectivity index (χ2n) is 8.23. The Bertz CT molecular complexity index is 1460. The normalized spacial score (nSPS) is 15.2. The van der Waals surface area contributed by atoms with Crippen molar-refractivity contribution in [3.05, 3.63) is 87.9 Å². The summed E-state index contributed by atoms with van der Waals surface area (Å²) in [5, 5.41) is 18.7. The monoisotopic (exact) mass is 470 g/mol. The zero-order valence-electron chi connectivity index (χ0n) is 18.9. The second kappa shape index (κ2) is 9.34. The Hall–Kier alpha value is -4.60. The van der Waals surface area contributed by atoms with E-state index in [9.17, 15) is 14.9 Å². The molecule has 0 fully saturated rings. The lowest BCUT2D eigenvalue weighted by atomic mass is 9.93. The summed E-state index contributed by atoms with van der Waals surface area (Å²) in [6.07, 6.45) is 8.84. The summed E-state index contributed by atoms with van der Waals surface area (Å²) in [5.41, 5.74) is 4.90. The number of nitrogens with zero attached hydrogens (tertiary/aromatic N) is 5. The van der Waals surface area contributed by atoms with Crippen molar-refractivity contribution in [3.8, 4) is 11.6 Å². The number of hydrogen-bond donors (Lipinski definition) is 1.